The van der Waals surface area contributed by atoms with Crippen molar-refractivity contribution in [2.45, 2.75) is 226 Å². The van der Waals surface area contributed by atoms with Crippen LogP contribution in [0.4, 0.5) is 0 Å². The second-order valence-electron chi connectivity index (χ2n) is 14.9. The van der Waals surface area contributed by atoms with Crippen molar-refractivity contribution in [1.29, 1.82) is 0 Å². The van der Waals surface area contributed by atoms with Crippen molar-refractivity contribution in [2.24, 2.45) is 0 Å². The molecule has 0 aliphatic carbocycles. The van der Waals surface area contributed by atoms with E-state index in [2.05, 4.69) is 69.4 Å². The SMILES string of the molecule is CC/C=C\C/C=C\C/C=C\CCCCC(=O)OC(COC(=O)CCCCCCCCC/C=C\CCCCCC)COC(=O)CCCCCCCCCCC. The molecule has 54 heavy (non-hydrogen) atoms. The quantitative estimate of drug-likeness (QED) is 0.0268. The van der Waals surface area contributed by atoms with E-state index in [-0.39, 0.29) is 37.5 Å². The molecule has 0 saturated heterocycles. The Kier molecular flexibility index (Phi) is 41.0. The molecule has 0 bridgehead atoms. The van der Waals surface area contributed by atoms with Gasteiger partial charge in [-0.3, -0.25) is 14.4 Å². The number of ether oxygens (including phenoxy) is 3. The van der Waals surface area contributed by atoms with Crippen molar-refractivity contribution < 1.29 is 28.6 Å². The Labute approximate surface area is 333 Å². The predicted octanol–water partition coefficient (Wildman–Crippen LogP) is 14.4. The van der Waals surface area contributed by atoms with Gasteiger partial charge in [0, 0.05) is 19.3 Å². The molecule has 0 N–H and O–H groups in total. The fourth-order valence-electron chi connectivity index (χ4n) is 6.16. The molecular formula is C48H84O6. The fraction of sp³-hybridized carbons (Fsp3) is 0.771. The largest absolute Gasteiger partial charge is 0.462 e. The molecule has 0 heterocycles. The van der Waals surface area contributed by atoms with Gasteiger partial charge in [0.1, 0.15) is 13.2 Å². The molecular weight excluding hydrogens is 673 g/mol. The lowest BCUT2D eigenvalue weighted by Gasteiger charge is -2.18. The molecule has 0 saturated carbocycles. The zero-order valence-corrected chi connectivity index (χ0v) is 35.5. The summed E-state index contributed by atoms with van der Waals surface area (Å²) in [5, 5.41) is 0. The van der Waals surface area contributed by atoms with E-state index in [0.717, 1.165) is 70.6 Å². The second-order valence-corrected chi connectivity index (χ2v) is 14.9. The van der Waals surface area contributed by atoms with E-state index in [1.54, 1.807) is 0 Å². The van der Waals surface area contributed by atoms with Crippen molar-refractivity contribution in [3.63, 3.8) is 0 Å². The number of carbonyl (C=O) groups is 3. The van der Waals surface area contributed by atoms with E-state index in [0.29, 0.717) is 19.3 Å². The first-order valence-electron chi connectivity index (χ1n) is 22.6. The average Bonchev–Trinajstić information content (AvgIpc) is 3.17. The first-order valence-corrected chi connectivity index (χ1v) is 22.6. The Balaban J connectivity index is 4.39. The second kappa shape index (κ2) is 43.1. The maximum Gasteiger partial charge on any atom is 0.306 e. The number of carbonyl (C=O) groups excluding carboxylic acids is 3. The van der Waals surface area contributed by atoms with E-state index >= 15 is 0 Å². The average molecular weight is 757 g/mol. The summed E-state index contributed by atoms with van der Waals surface area (Å²) >= 11 is 0. The standard InChI is InChI=1S/C48H84O6/c1-4-7-10-13-16-19-21-23-24-25-27-29-32-35-38-41-47(50)53-44-45(43-52-46(49)40-37-34-31-28-18-15-12-9-6-3)54-48(51)42-39-36-33-30-26-22-20-17-14-11-8-5-2/h8,11,17,19-21,26,30,45H,4-7,9-10,12-16,18,22-25,27-29,31-44H2,1-3H3/b11-8-,20-17-,21-19-,30-26-. The lowest BCUT2D eigenvalue weighted by Crippen LogP contribution is -2.30. The number of hydrogen-bond donors (Lipinski definition) is 0. The van der Waals surface area contributed by atoms with Crippen molar-refractivity contribution in [1.82, 2.24) is 0 Å². The van der Waals surface area contributed by atoms with Gasteiger partial charge in [-0.2, -0.15) is 0 Å². The molecule has 0 radical (unpaired) electrons. The molecule has 0 aromatic carbocycles. The lowest BCUT2D eigenvalue weighted by atomic mass is 10.1. The minimum absolute atomic E-state index is 0.0888. The first-order chi connectivity index (χ1) is 26.5. The predicted molar refractivity (Wildman–Crippen MR) is 229 cm³/mol. The monoisotopic (exact) mass is 757 g/mol. The van der Waals surface area contributed by atoms with Gasteiger partial charge >= 0.3 is 17.9 Å². The van der Waals surface area contributed by atoms with Gasteiger partial charge in [0.05, 0.1) is 0 Å². The van der Waals surface area contributed by atoms with Gasteiger partial charge in [-0.25, -0.2) is 0 Å². The van der Waals surface area contributed by atoms with Gasteiger partial charge < -0.3 is 14.2 Å². The molecule has 0 aromatic rings. The number of unbranched alkanes of at least 4 members (excludes halogenated alkanes) is 21. The highest BCUT2D eigenvalue weighted by atomic mass is 16.6. The van der Waals surface area contributed by atoms with E-state index in [9.17, 15) is 14.4 Å². The summed E-state index contributed by atoms with van der Waals surface area (Å²) in [4.78, 5) is 37.6. The first kappa shape index (κ1) is 51.4. The zero-order valence-electron chi connectivity index (χ0n) is 35.5. The minimum Gasteiger partial charge on any atom is -0.462 e. The van der Waals surface area contributed by atoms with Crippen LogP contribution >= 0.6 is 0 Å². The molecule has 0 rings (SSSR count). The topological polar surface area (TPSA) is 78.9 Å². The van der Waals surface area contributed by atoms with Crippen LogP contribution in [-0.4, -0.2) is 37.2 Å². The molecule has 0 amide bonds. The molecule has 6 nitrogen and oxygen atoms in total. The maximum atomic E-state index is 12.7. The van der Waals surface area contributed by atoms with Crippen LogP contribution in [0.25, 0.3) is 0 Å². The highest BCUT2D eigenvalue weighted by Gasteiger charge is 2.19. The maximum absolute atomic E-state index is 12.7. The molecule has 1 unspecified atom stereocenters. The Bertz CT molecular complexity index is 964. The van der Waals surface area contributed by atoms with Crippen molar-refractivity contribution in [3.8, 4) is 0 Å². The van der Waals surface area contributed by atoms with Crippen LogP contribution in [0.2, 0.25) is 0 Å². The van der Waals surface area contributed by atoms with Crippen molar-refractivity contribution in [3.05, 3.63) is 48.6 Å². The molecule has 1 atom stereocenters. The normalized spacial score (nSPS) is 12.4. The molecule has 312 valence electrons. The van der Waals surface area contributed by atoms with Crippen molar-refractivity contribution >= 4 is 17.9 Å². The smallest absolute Gasteiger partial charge is 0.306 e. The van der Waals surface area contributed by atoms with Crippen LogP contribution in [0.5, 0.6) is 0 Å². The minimum atomic E-state index is -0.789. The Hall–Kier alpha value is -2.63. The highest BCUT2D eigenvalue weighted by molar-refractivity contribution is 5.71. The number of allylic oxidation sites excluding steroid dienone is 8. The lowest BCUT2D eigenvalue weighted by molar-refractivity contribution is -0.167. The van der Waals surface area contributed by atoms with Gasteiger partial charge in [0.2, 0.25) is 0 Å². The molecule has 0 fully saturated rings. The third kappa shape index (κ3) is 40.6. The number of rotatable bonds is 40. The molecule has 0 aliphatic rings. The van der Waals surface area contributed by atoms with Crippen LogP contribution in [0.3, 0.4) is 0 Å². The molecule has 0 aromatic heterocycles. The van der Waals surface area contributed by atoms with Gasteiger partial charge in [-0.15, -0.1) is 0 Å². The summed E-state index contributed by atoms with van der Waals surface area (Å²) in [5.74, 6) is -0.937. The molecule has 6 heteroatoms. The third-order valence-electron chi connectivity index (χ3n) is 9.57. The number of esters is 3. The van der Waals surface area contributed by atoms with Crippen molar-refractivity contribution in [2.75, 3.05) is 13.2 Å². The fourth-order valence-corrected chi connectivity index (χ4v) is 6.16. The Morgan fingerprint density at radius 1 is 0.389 bits per heavy atom. The Morgan fingerprint density at radius 2 is 0.722 bits per heavy atom. The van der Waals surface area contributed by atoms with Gasteiger partial charge in [-0.1, -0.05) is 172 Å². The summed E-state index contributed by atoms with van der Waals surface area (Å²) in [6.45, 7) is 6.44. The van der Waals surface area contributed by atoms with E-state index < -0.39 is 6.10 Å². The highest BCUT2D eigenvalue weighted by Crippen LogP contribution is 2.13. The van der Waals surface area contributed by atoms with Crippen LogP contribution in [0.1, 0.15) is 220 Å². The van der Waals surface area contributed by atoms with E-state index in [1.165, 1.54) is 103 Å². The molecule has 0 spiro atoms. The summed E-state index contributed by atoms with van der Waals surface area (Å²) in [6, 6.07) is 0. The zero-order chi connectivity index (χ0) is 39.4. The van der Waals surface area contributed by atoms with E-state index in [1.807, 2.05) is 0 Å². The van der Waals surface area contributed by atoms with Gasteiger partial charge in [0.25, 0.3) is 0 Å². The van der Waals surface area contributed by atoms with Gasteiger partial charge in [0.15, 0.2) is 6.10 Å². The summed E-state index contributed by atoms with van der Waals surface area (Å²) in [6.07, 6.45) is 49.6. The number of hydrogen-bond acceptors (Lipinski definition) is 6. The molecule has 0 aliphatic heterocycles. The van der Waals surface area contributed by atoms with Crippen LogP contribution in [-0.2, 0) is 28.6 Å². The summed E-state index contributed by atoms with van der Waals surface area (Å²) in [5.41, 5.74) is 0. The Morgan fingerprint density at radius 3 is 1.20 bits per heavy atom. The van der Waals surface area contributed by atoms with Crippen LogP contribution in [0, 0.1) is 0 Å². The third-order valence-corrected chi connectivity index (χ3v) is 9.57. The van der Waals surface area contributed by atoms with Crippen LogP contribution in [0.15, 0.2) is 48.6 Å². The summed E-state index contributed by atoms with van der Waals surface area (Å²) in [7, 11) is 0. The summed E-state index contributed by atoms with van der Waals surface area (Å²) < 4.78 is 16.6. The van der Waals surface area contributed by atoms with E-state index in [4.69, 9.17) is 14.2 Å². The van der Waals surface area contributed by atoms with Gasteiger partial charge in [-0.05, 0) is 77.0 Å². The van der Waals surface area contributed by atoms with Crippen LogP contribution < -0.4 is 0 Å².